The number of hydrogen-bond acceptors (Lipinski definition) is 4. The second-order valence-electron chi connectivity index (χ2n) is 8.15. The molecule has 30 heavy (non-hydrogen) atoms. The Morgan fingerprint density at radius 3 is 2.50 bits per heavy atom. The van der Waals surface area contributed by atoms with Crippen molar-refractivity contribution in [1.82, 2.24) is 14.5 Å². The highest BCUT2D eigenvalue weighted by molar-refractivity contribution is 5.78. The smallest absolute Gasteiger partial charge is 0.266 e. The largest absolute Gasteiger partial charge is 0.336 e. The lowest BCUT2D eigenvalue weighted by atomic mass is 10.0. The van der Waals surface area contributed by atoms with Crippen LogP contribution in [-0.4, -0.2) is 21.1 Å². The van der Waals surface area contributed by atoms with Crippen molar-refractivity contribution in [3.8, 4) is 5.69 Å². The third-order valence-electron chi connectivity index (χ3n) is 5.89. The highest BCUT2D eigenvalue weighted by atomic mass is 16.1. The fourth-order valence-electron chi connectivity index (χ4n) is 4.06. The molecule has 0 spiro atoms. The lowest BCUT2D eigenvalue weighted by Crippen LogP contribution is -2.31. The molecule has 0 fully saturated rings. The van der Waals surface area contributed by atoms with Crippen LogP contribution in [0.25, 0.3) is 16.6 Å². The fourth-order valence-corrected chi connectivity index (χ4v) is 4.06. The van der Waals surface area contributed by atoms with Gasteiger partial charge in [0.25, 0.3) is 5.56 Å². The maximum Gasteiger partial charge on any atom is 0.266 e. The van der Waals surface area contributed by atoms with Crippen molar-refractivity contribution in [1.29, 1.82) is 0 Å². The van der Waals surface area contributed by atoms with Gasteiger partial charge in [-0.25, -0.2) is 9.97 Å². The van der Waals surface area contributed by atoms with Crippen LogP contribution in [0.5, 0.6) is 0 Å². The van der Waals surface area contributed by atoms with E-state index < -0.39 is 0 Å². The van der Waals surface area contributed by atoms with Gasteiger partial charge < -0.3 is 4.90 Å². The van der Waals surface area contributed by atoms with Crippen LogP contribution in [-0.2, 0) is 13.0 Å². The van der Waals surface area contributed by atoms with Crippen LogP contribution >= 0.6 is 0 Å². The highest BCUT2D eigenvalue weighted by Gasteiger charge is 2.19. The molecule has 150 valence electrons. The second kappa shape index (κ2) is 7.41. The van der Waals surface area contributed by atoms with Gasteiger partial charge in [0.1, 0.15) is 0 Å². The van der Waals surface area contributed by atoms with Gasteiger partial charge in [-0.3, -0.25) is 9.36 Å². The van der Waals surface area contributed by atoms with Crippen molar-refractivity contribution in [3.05, 3.63) is 94.0 Å². The molecule has 2 aromatic carbocycles. The summed E-state index contributed by atoms with van der Waals surface area (Å²) in [6.07, 6.45) is 4.45. The van der Waals surface area contributed by atoms with E-state index in [4.69, 9.17) is 4.98 Å². The number of hydrogen-bond donors (Lipinski definition) is 0. The minimum absolute atomic E-state index is 0.0969. The average molecular weight is 396 g/mol. The molecule has 5 rings (SSSR count). The van der Waals surface area contributed by atoms with Gasteiger partial charge in [0.2, 0.25) is 5.95 Å². The molecule has 3 heterocycles. The van der Waals surface area contributed by atoms with Crippen molar-refractivity contribution < 1.29 is 0 Å². The fraction of sp³-hybridized carbons (Fsp3) is 0.240. The van der Waals surface area contributed by atoms with E-state index in [-0.39, 0.29) is 5.56 Å². The Morgan fingerprint density at radius 1 is 0.967 bits per heavy atom. The molecule has 5 nitrogen and oxygen atoms in total. The highest BCUT2D eigenvalue weighted by Crippen LogP contribution is 2.23. The number of fused-ring (bicyclic) bond motifs is 2. The van der Waals surface area contributed by atoms with Gasteiger partial charge in [-0.05, 0) is 47.2 Å². The molecule has 0 unspecified atom stereocenters. The van der Waals surface area contributed by atoms with Crippen LogP contribution in [0.3, 0.4) is 0 Å². The molecule has 1 aliphatic heterocycles. The Bertz CT molecular complexity index is 1270. The first-order chi connectivity index (χ1) is 14.6. The maximum absolute atomic E-state index is 13.1. The number of benzene rings is 2. The van der Waals surface area contributed by atoms with Crippen molar-refractivity contribution in [2.24, 2.45) is 0 Å². The van der Waals surface area contributed by atoms with E-state index in [1.807, 2.05) is 18.2 Å². The third-order valence-corrected chi connectivity index (χ3v) is 5.89. The quantitative estimate of drug-likeness (QED) is 0.513. The van der Waals surface area contributed by atoms with Crippen LogP contribution in [0.1, 0.15) is 36.5 Å². The summed E-state index contributed by atoms with van der Waals surface area (Å²) in [5.74, 6) is 1.14. The van der Waals surface area contributed by atoms with E-state index >= 15 is 0 Å². The molecule has 2 aromatic heterocycles. The number of rotatable bonds is 3. The molecule has 0 atom stereocenters. The molecule has 4 aromatic rings. The van der Waals surface area contributed by atoms with Crippen LogP contribution in [0.2, 0.25) is 0 Å². The minimum atomic E-state index is -0.0969. The molecule has 0 amide bonds. The van der Waals surface area contributed by atoms with Crippen LogP contribution in [0, 0.1) is 0 Å². The van der Waals surface area contributed by atoms with E-state index in [0.29, 0.717) is 22.8 Å². The third kappa shape index (κ3) is 3.26. The SMILES string of the molecule is CC(C)c1ccc(-n2ccc3nc(N4CCc5ccccc5C4)ncc3c2=O)cc1. The first kappa shape index (κ1) is 18.6. The zero-order chi connectivity index (χ0) is 20.7. The second-order valence-corrected chi connectivity index (χ2v) is 8.15. The van der Waals surface area contributed by atoms with Crippen LogP contribution in [0.4, 0.5) is 5.95 Å². The van der Waals surface area contributed by atoms with Gasteiger partial charge in [-0.2, -0.15) is 0 Å². The molecule has 0 radical (unpaired) electrons. The number of pyridine rings is 1. The van der Waals surface area contributed by atoms with Crippen molar-refractivity contribution in [3.63, 3.8) is 0 Å². The topological polar surface area (TPSA) is 51.0 Å². The summed E-state index contributed by atoms with van der Waals surface area (Å²) in [4.78, 5) is 24.5. The first-order valence-electron chi connectivity index (χ1n) is 10.4. The van der Waals surface area contributed by atoms with Crippen LogP contribution < -0.4 is 10.5 Å². The summed E-state index contributed by atoms with van der Waals surface area (Å²) < 4.78 is 1.66. The van der Waals surface area contributed by atoms with Gasteiger partial charge in [0.15, 0.2) is 0 Å². The molecular weight excluding hydrogens is 372 g/mol. The van der Waals surface area contributed by atoms with Gasteiger partial charge in [-0.15, -0.1) is 0 Å². The van der Waals surface area contributed by atoms with Gasteiger partial charge in [0.05, 0.1) is 10.9 Å². The van der Waals surface area contributed by atoms with Crippen molar-refractivity contribution in [2.75, 3.05) is 11.4 Å². The molecule has 0 saturated carbocycles. The predicted octanol–water partition coefficient (Wildman–Crippen LogP) is 4.47. The Balaban J connectivity index is 1.48. The number of nitrogens with zero attached hydrogens (tertiary/aromatic N) is 4. The normalized spacial score (nSPS) is 13.6. The van der Waals surface area contributed by atoms with E-state index in [0.717, 1.165) is 25.2 Å². The summed E-state index contributed by atoms with van der Waals surface area (Å²) in [5, 5.41) is 0.534. The predicted molar refractivity (Wildman–Crippen MR) is 120 cm³/mol. The maximum atomic E-state index is 13.1. The van der Waals surface area contributed by atoms with Crippen molar-refractivity contribution in [2.45, 2.75) is 32.7 Å². The zero-order valence-electron chi connectivity index (χ0n) is 17.2. The first-order valence-corrected chi connectivity index (χ1v) is 10.4. The Kier molecular flexibility index (Phi) is 4.58. The van der Waals surface area contributed by atoms with E-state index in [1.165, 1.54) is 16.7 Å². The Morgan fingerprint density at radius 2 is 1.73 bits per heavy atom. The molecule has 1 aliphatic rings. The standard InChI is InChI=1S/C25H24N4O/c1-17(2)18-7-9-21(10-8-18)29-14-12-23-22(24(29)30)15-26-25(27-23)28-13-11-19-5-3-4-6-20(19)16-28/h3-10,12,14-15,17H,11,13,16H2,1-2H3. The summed E-state index contributed by atoms with van der Waals surface area (Å²) >= 11 is 0. The minimum Gasteiger partial charge on any atom is -0.336 e. The summed E-state index contributed by atoms with van der Waals surface area (Å²) in [5.41, 5.74) is 5.39. The van der Waals surface area contributed by atoms with Gasteiger partial charge in [-0.1, -0.05) is 50.2 Å². The lowest BCUT2D eigenvalue weighted by molar-refractivity contribution is 0.710. The van der Waals surface area contributed by atoms with E-state index in [2.05, 4.69) is 60.1 Å². The molecule has 0 saturated heterocycles. The van der Waals surface area contributed by atoms with Gasteiger partial charge >= 0.3 is 0 Å². The molecule has 0 N–H and O–H groups in total. The summed E-state index contributed by atoms with van der Waals surface area (Å²) in [7, 11) is 0. The molecule has 5 heteroatoms. The summed E-state index contributed by atoms with van der Waals surface area (Å²) in [6.45, 7) is 5.99. The number of anilines is 1. The van der Waals surface area contributed by atoms with E-state index in [9.17, 15) is 4.79 Å². The summed E-state index contributed by atoms with van der Waals surface area (Å²) in [6, 6.07) is 18.5. The molecular formula is C25H24N4O. The van der Waals surface area contributed by atoms with Gasteiger partial charge in [0, 0.05) is 31.2 Å². The Hall–Kier alpha value is -3.47. The Labute approximate surface area is 175 Å². The molecule has 0 aliphatic carbocycles. The van der Waals surface area contributed by atoms with Crippen molar-refractivity contribution >= 4 is 16.9 Å². The lowest BCUT2D eigenvalue weighted by Gasteiger charge is -2.28. The zero-order valence-corrected chi connectivity index (χ0v) is 17.2. The number of aromatic nitrogens is 3. The monoisotopic (exact) mass is 396 g/mol. The average Bonchev–Trinajstić information content (AvgIpc) is 2.79. The van der Waals surface area contributed by atoms with Crippen LogP contribution in [0.15, 0.2) is 71.8 Å². The van der Waals surface area contributed by atoms with E-state index in [1.54, 1.807) is 17.0 Å². The molecule has 0 bridgehead atoms.